The highest BCUT2D eigenvalue weighted by atomic mass is 32.2. The molecule has 0 N–H and O–H groups in total. The molecule has 1 rings (SSSR count). The van der Waals surface area contributed by atoms with Crippen LogP contribution < -0.4 is 0 Å². The molecular formula is C9H10O2S. The standard InChI is InChI=1S/C9H10O2S/c1-5-4-7(10)6(2)9(12-3)8(5)11/h4H,1-3H3. The van der Waals surface area contributed by atoms with Crippen LogP contribution in [-0.4, -0.2) is 17.8 Å². The zero-order valence-electron chi connectivity index (χ0n) is 7.30. The summed E-state index contributed by atoms with van der Waals surface area (Å²) in [6.45, 7) is 3.36. The van der Waals surface area contributed by atoms with E-state index < -0.39 is 0 Å². The van der Waals surface area contributed by atoms with E-state index in [2.05, 4.69) is 0 Å². The van der Waals surface area contributed by atoms with Crippen LogP contribution in [0.3, 0.4) is 0 Å². The van der Waals surface area contributed by atoms with Gasteiger partial charge in [0.25, 0.3) is 0 Å². The van der Waals surface area contributed by atoms with Gasteiger partial charge in [-0.15, -0.1) is 11.8 Å². The van der Waals surface area contributed by atoms with Crippen molar-refractivity contribution >= 4 is 23.3 Å². The lowest BCUT2D eigenvalue weighted by Gasteiger charge is -2.11. The molecule has 0 spiro atoms. The van der Waals surface area contributed by atoms with Gasteiger partial charge in [0.15, 0.2) is 11.6 Å². The lowest BCUT2D eigenvalue weighted by atomic mass is 9.99. The van der Waals surface area contributed by atoms with Crippen molar-refractivity contribution in [1.82, 2.24) is 0 Å². The minimum Gasteiger partial charge on any atom is -0.290 e. The third-order valence-corrected chi connectivity index (χ3v) is 2.73. The van der Waals surface area contributed by atoms with E-state index in [4.69, 9.17) is 0 Å². The topological polar surface area (TPSA) is 34.1 Å². The van der Waals surface area contributed by atoms with Crippen molar-refractivity contribution in [2.24, 2.45) is 0 Å². The van der Waals surface area contributed by atoms with Gasteiger partial charge in [0.2, 0.25) is 0 Å². The van der Waals surface area contributed by atoms with E-state index >= 15 is 0 Å². The van der Waals surface area contributed by atoms with Crippen molar-refractivity contribution in [3.8, 4) is 0 Å². The molecule has 1 aliphatic rings. The summed E-state index contributed by atoms with van der Waals surface area (Å²) in [6, 6.07) is 0. The van der Waals surface area contributed by atoms with Gasteiger partial charge in [-0.25, -0.2) is 0 Å². The average Bonchev–Trinajstić information content (AvgIpc) is 2.02. The molecular weight excluding hydrogens is 172 g/mol. The van der Waals surface area contributed by atoms with E-state index in [1.807, 2.05) is 6.26 Å². The second-order valence-corrected chi connectivity index (χ2v) is 3.50. The predicted octanol–water partition coefficient (Wildman–Crippen LogP) is 1.72. The molecule has 0 amide bonds. The molecule has 0 bridgehead atoms. The number of ketones is 2. The van der Waals surface area contributed by atoms with Crippen molar-refractivity contribution in [1.29, 1.82) is 0 Å². The van der Waals surface area contributed by atoms with Crippen LogP contribution in [0.2, 0.25) is 0 Å². The van der Waals surface area contributed by atoms with Gasteiger partial charge >= 0.3 is 0 Å². The Kier molecular flexibility index (Phi) is 2.52. The third kappa shape index (κ3) is 1.37. The molecule has 0 aliphatic heterocycles. The summed E-state index contributed by atoms with van der Waals surface area (Å²) in [4.78, 5) is 23.2. The number of Topliss-reactive ketones (excluding diaryl/α,β-unsaturated/α-hetero) is 1. The lowest BCUT2D eigenvalue weighted by Crippen LogP contribution is -2.14. The largest absolute Gasteiger partial charge is 0.290 e. The molecule has 0 radical (unpaired) electrons. The number of rotatable bonds is 1. The molecule has 0 aromatic heterocycles. The summed E-state index contributed by atoms with van der Waals surface area (Å²) < 4.78 is 0. The first-order valence-corrected chi connectivity index (χ1v) is 4.82. The number of allylic oxidation sites excluding steroid dienone is 4. The van der Waals surface area contributed by atoms with E-state index in [1.165, 1.54) is 17.8 Å². The van der Waals surface area contributed by atoms with Crippen LogP contribution in [0.15, 0.2) is 22.1 Å². The van der Waals surface area contributed by atoms with Crippen LogP contribution in [0.1, 0.15) is 13.8 Å². The maximum absolute atomic E-state index is 11.4. The maximum atomic E-state index is 11.4. The molecule has 0 fully saturated rings. The quantitative estimate of drug-likeness (QED) is 0.579. The SMILES string of the molecule is CSC1=C(C)C(=O)C=C(C)C1=O. The number of carbonyl (C=O) groups excluding carboxylic acids is 2. The molecule has 12 heavy (non-hydrogen) atoms. The second kappa shape index (κ2) is 3.27. The Labute approximate surface area is 75.7 Å². The van der Waals surface area contributed by atoms with Gasteiger partial charge in [-0.05, 0) is 26.2 Å². The Hall–Kier alpha value is -0.830. The summed E-state index contributed by atoms with van der Waals surface area (Å²) >= 11 is 1.34. The summed E-state index contributed by atoms with van der Waals surface area (Å²) in [6.07, 6.45) is 3.21. The van der Waals surface area contributed by atoms with Crippen LogP contribution in [0.4, 0.5) is 0 Å². The molecule has 1 aliphatic carbocycles. The fourth-order valence-corrected chi connectivity index (χ4v) is 1.83. The van der Waals surface area contributed by atoms with Gasteiger partial charge in [0.1, 0.15) is 0 Å². The van der Waals surface area contributed by atoms with Crippen LogP contribution in [0.5, 0.6) is 0 Å². The second-order valence-electron chi connectivity index (χ2n) is 2.68. The van der Waals surface area contributed by atoms with Crippen LogP contribution >= 0.6 is 11.8 Å². The summed E-state index contributed by atoms with van der Waals surface area (Å²) in [5, 5.41) is 0. The van der Waals surface area contributed by atoms with E-state index in [0.29, 0.717) is 16.1 Å². The number of carbonyl (C=O) groups is 2. The van der Waals surface area contributed by atoms with Gasteiger partial charge in [-0.2, -0.15) is 0 Å². The molecule has 0 saturated heterocycles. The number of hydrogen-bond donors (Lipinski definition) is 0. The first-order chi connectivity index (χ1) is 5.57. The van der Waals surface area contributed by atoms with Crippen molar-refractivity contribution in [2.45, 2.75) is 13.8 Å². The highest BCUT2D eigenvalue weighted by Gasteiger charge is 2.22. The molecule has 0 heterocycles. The van der Waals surface area contributed by atoms with E-state index in [9.17, 15) is 9.59 Å². The number of thioether (sulfide) groups is 1. The third-order valence-electron chi connectivity index (χ3n) is 1.83. The van der Waals surface area contributed by atoms with Crippen LogP contribution in [-0.2, 0) is 9.59 Å². The van der Waals surface area contributed by atoms with Crippen LogP contribution in [0, 0.1) is 0 Å². The maximum Gasteiger partial charge on any atom is 0.195 e. The highest BCUT2D eigenvalue weighted by Crippen LogP contribution is 2.25. The normalized spacial score (nSPS) is 18.4. The van der Waals surface area contributed by atoms with E-state index in [0.717, 1.165) is 0 Å². The zero-order valence-corrected chi connectivity index (χ0v) is 8.12. The molecule has 64 valence electrons. The molecule has 0 aromatic carbocycles. The van der Waals surface area contributed by atoms with Gasteiger partial charge < -0.3 is 0 Å². The summed E-state index contributed by atoms with van der Waals surface area (Å²) in [5.41, 5.74) is 1.10. The van der Waals surface area contributed by atoms with Gasteiger partial charge in [0.05, 0.1) is 4.91 Å². The molecule has 2 nitrogen and oxygen atoms in total. The minimum atomic E-state index is -0.0450. The van der Waals surface area contributed by atoms with E-state index in [-0.39, 0.29) is 11.6 Å². The Morgan fingerprint density at radius 1 is 1.25 bits per heavy atom. The Morgan fingerprint density at radius 2 is 1.83 bits per heavy atom. The summed E-state index contributed by atoms with van der Waals surface area (Å²) in [7, 11) is 0. The smallest absolute Gasteiger partial charge is 0.195 e. The number of hydrogen-bond acceptors (Lipinski definition) is 3. The predicted molar refractivity (Wildman–Crippen MR) is 50.0 cm³/mol. The molecule has 0 aromatic rings. The molecule has 0 saturated carbocycles. The summed E-state index contributed by atoms with van der Waals surface area (Å²) in [5.74, 6) is -0.0592. The Bertz CT molecular complexity index is 310. The van der Waals surface area contributed by atoms with Gasteiger partial charge in [-0.1, -0.05) is 0 Å². The van der Waals surface area contributed by atoms with Crippen molar-refractivity contribution < 1.29 is 9.59 Å². The first kappa shape index (κ1) is 9.26. The van der Waals surface area contributed by atoms with Crippen LogP contribution in [0.25, 0.3) is 0 Å². The molecule has 0 unspecified atom stereocenters. The Morgan fingerprint density at radius 3 is 2.33 bits per heavy atom. The lowest BCUT2D eigenvalue weighted by molar-refractivity contribution is -0.115. The molecule has 0 atom stereocenters. The van der Waals surface area contributed by atoms with Crippen molar-refractivity contribution in [3.05, 3.63) is 22.1 Å². The minimum absolute atomic E-state index is 0.0143. The van der Waals surface area contributed by atoms with Crippen molar-refractivity contribution in [2.75, 3.05) is 6.26 Å². The Balaban J connectivity index is 3.17. The first-order valence-electron chi connectivity index (χ1n) is 3.60. The fraction of sp³-hybridized carbons (Fsp3) is 0.333. The highest BCUT2D eigenvalue weighted by molar-refractivity contribution is 8.03. The zero-order chi connectivity index (χ0) is 9.30. The average molecular weight is 182 g/mol. The van der Waals surface area contributed by atoms with Crippen molar-refractivity contribution in [3.63, 3.8) is 0 Å². The van der Waals surface area contributed by atoms with Gasteiger partial charge in [0, 0.05) is 11.1 Å². The fourth-order valence-electron chi connectivity index (χ4n) is 1.08. The molecule has 3 heteroatoms. The van der Waals surface area contributed by atoms with Gasteiger partial charge in [-0.3, -0.25) is 9.59 Å². The monoisotopic (exact) mass is 182 g/mol. The van der Waals surface area contributed by atoms with E-state index in [1.54, 1.807) is 13.8 Å².